The summed E-state index contributed by atoms with van der Waals surface area (Å²) in [6.07, 6.45) is 4.52. The highest BCUT2D eigenvalue weighted by atomic mass is 16.5. The van der Waals surface area contributed by atoms with Crippen LogP contribution in [-0.2, 0) is 0 Å². The van der Waals surface area contributed by atoms with E-state index in [2.05, 4.69) is 10.4 Å². The molecule has 2 aromatic rings. The smallest absolute Gasteiger partial charge is 0.119 e. The van der Waals surface area contributed by atoms with E-state index >= 15 is 0 Å². The molecule has 1 aromatic carbocycles. The van der Waals surface area contributed by atoms with E-state index in [1.54, 1.807) is 6.20 Å². The van der Waals surface area contributed by atoms with Crippen molar-refractivity contribution in [3.63, 3.8) is 0 Å². The molecule has 0 saturated carbocycles. The van der Waals surface area contributed by atoms with Crippen LogP contribution in [0.15, 0.2) is 36.7 Å². The van der Waals surface area contributed by atoms with Gasteiger partial charge in [0.05, 0.1) is 6.61 Å². The van der Waals surface area contributed by atoms with E-state index < -0.39 is 0 Å². The quantitative estimate of drug-likeness (QED) is 0.452. The van der Waals surface area contributed by atoms with Crippen LogP contribution >= 0.6 is 0 Å². The normalized spacial score (nSPS) is 10.6. The minimum atomic E-state index is 0.667. The van der Waals surface area contributed by atoms with E-state index in [0.717, 1.165) is 29.5 Å². The fourth-order valence-corrected chi connectivity index (χ4v) is 1.52. The number of hydrogen-bond acceptors (Lipinski definition) is 4. The Morgan fingerprint density at radius 3 is 3.06 bits per heavy atom. The van der Waals surface area contributed by atoms with Crippen LogP contribution < -0.4 is 16.0 Å². The van der Waals surface area contributed by atoms with E-state index in [0.29, 0.717) is 6.61 Å². The van der Waals surface area contributed by atoms with Crippen molar-refractivity contribution in [1.82, 2.24) is 10.4 Å². The summed E-state index contributed by atoms with van der Waals surface area (Å²) in [5, 5.41) is 2.27. The number of fused-ring (bicyclic) bond motifs is 1. The number of nitrogens with one attached hydrogen (secondary N) is 1. The highest BCUT2D eigenvalue weighted by Gasteiger charge is 1.96. The second-order valence-electron chi connectivity index (χ2n) is 3.54. The van der Waals surface area contributed by atoms with Crippen molar-refractivity contribution in [3.05, 3.63) is 36.7 Å². The lowest BCUT2D eigenvalue weighted by Gasteiger charge is -2.06. The third kappa shape index (κ3) is 2.68. The average Bonchev–Trinajstić information content (AvgIpc) is 2.34. The Bertz CT molecular complexity index is 459. The molecule has 0 aliphatic rings. The summed E-state index contributed by atoms with van der Waals surface area (Å²) in [5.41, 5.74) is 2.60. The lowest BCUT2D eigenvalue weighted by atomic mass is 10.2. The van der Waals surface area contributed by atoms with Gasteiger partial charge in [0, 0.05) is 24.3 Å². The molecule has 0 aliphatic carbocycles. The van der Waals surface area contributed by atoms with Crippen LogP contribution in [-0.4, -0.2) is 18.1 Å². The van der Waals surface area contributed by atoms with Crippen molar-refractivity contribution >= 4 is 10.8 Å². The van der Waals surface area contributed by atoms with E-state index in [1.807, 2.05) is 30.5 Å². The van der Waals surface area contributed by atoms with Gasteiger partial charge in [-0.2, -0.15) is 0 Å². The third-order valence-corrected chi connectivity index (χ3v) is 2.35. The van der Waals surface area contributed by atoms with Gasteiger partial charge in [-0.25, -0.2) is 0 Å². The van der Waals surface area contributed by atoms with Crippen LogP contribution in [0.4, 0.5) is 0 Å². The van der Waals surface area contributed by atoms with Crippen molar-refractivity contribution in [2.45, 2.75) is 6.42 Å². The summed E-state index contributed by atoms with van der Waals surface area (Å²) in [6.45, 7) is 1.43. The highest BCUT2D eigenvalue weighted by Crippen LogP contribution is 2.19. The minimum absolute atomic E-state index is 0.667. The van der Waals surface area contributed by atoms with Crippen LogP contribution in [0.2, 0.25) is 0 Å². The van der Waals surface area contributed by atoms with Gasteiger partial charge in [0.2, 0.25) is 0 Å². The first-order valence-corrected chi connectivity index (χ1v) is 5.30. The number of nitrogens with two attached hydrogens (primary N) is 1. The third-order valence-electron chi connectivity index (χ3n) is 2.35. The Hall–Kier alpha value is -1.65. The summed E-state index contributed by atoms with van der Waals surface area (Å²) in [5.74, 6) is 6.05. The molecule has 0 atom stereocenters. The topological polar surface area (TPSA) is 60.2 Å². The molecule has 4 nitrogen and oxygen atoms in total. The van der Waals surface area contributed by atoms with Crippen molar-refractivity contribution < 1.29 is 4.74 Å². The fraction of sp³-hybridized carbons (Fsp3) is 0.250. The number of pyridine rings is 1. The zero-order valence-corrected chi connectivity index (χ0v) is 9.02. The summed E-state index contributed by atoms with van der Waals surface area (Å²) in [7, 11) is 0. The first kappa shape index (κ1) is 10.9. The van der Waals surface area contributed by atoms with E-state index in [4.69, 9.17) is 10.6 Å². The molecule has 0 saturated heterocycles. The molecule has 16 heavy (non-hydrogen) atoms. The molecule has 0 amide bonds. The number of ether oxygens (including phenoxy) is 1. The molecule has 84 valence electrons. The number of hydrazine groups is 1. The van der Waals surface area contributed by atoms with Gasteiger partial charge in [0.1, 0.15) is 5.75 Å². The highest BCUT2D eigenvalue weighted by molar-refractivity contribution is 5.82. The Labute approximate surface area is 94.4 Å². The Morgan fingerprint density at radius 1 is 1.25 bits per heavy atom. The van der Waals surface area contributed by atoms with Gasteiger partial charge in [-0.15, -0.1) is 0 Å². The lowest BCUT2D eigenvalue weighted by molar-refractivity contribution is 0.309. The predicted molar refractivity (Wildman–Crippen MR) is 64.0 cm³/mol. The zero-order valence-electron chi connectivity index (χ0n) is 9.02. The van der Waals surface area contributed by atoms with E-state index in [1.165, 1.54) is 0 Å². The standard InChI is InChI=1S/C12H15N3O/c13-15-5-1-7-16-12-3-2-11-9-14-6-4-10(11)8-12/h2-4,6,8-9,15H,1,5,7,13H2. The second-order valence-corrected chi connectivity index (χ2v) is 3.54. The van der Waals surface area contributed by atoms with Gasteiger partial charge in [0.25, 0.3) is 0 Å². The molecule has 1 aromatic heterocycles. The predicted octanol–water partition coefficient (Wildman–Crippen LogP) is 1.47. The maximum atomic E-state index is 5.60. The SMILES string of the molecule is NNCCCOc1ccc2cnccc2c1. The first-order valence-electron chi connectivity index (χ1n) is 5.30. The summed E-state index contributed by atoms with van der Waals surface area (Å²) in [6, 6.07) is 7.97. The van der Waals surface area contributed by atoms with E-state index in [-0.39, 0.29) is 0 Å². The number of hydrogen-bond donors (Lipinski definition) is 2. The van der Waals surface area contributed by atoms with Gasteiger partial charge in [-0.05, 0) is 36.1 Å². The monoisotopic (exact) mass is 217 g/mol. The zero-order chi connectivity index (χ0) is 11.2. The van der Waals surface area contributed by atoms with Crippen LogP contribution in [0.5, 0.6) is 5.75 Å². The first-order chi connectivity index (χ1) is 7.90. The number of aromatic nitrogens is 1. The fourth-order valence-electron chi connectivity index (χ4n) is 1.52. The van der Waals surface area contributed by atoms with E-state index in [9.17, 15) is 0 Å². The van der Waals surface area contributed by atoms with Gasteiger partial charge in [0.15, 0.2) is 0 Å². The molecule has 0 unspecified atom stereocenters. The molecule has 0 radical (unpaired) electrons. The molecule has 3 N–H and O–H groups in total. The van der Waals surface area contributed by atoms with Gasteiger partial charge >= 0.3 is 0 Å². The molecule has 0 spiro atoms. The van der Waals surface area contributed by atoms with Gasteiger partial charge in [-0.3, -0.25) is 16.3 Å². The Kier molecular flexibility index (Phi) is 3.69. The maximum Gasteiger partial charge on any atom is 0.119 e. The Morgan fingerprint density at radius 2 is 2.19 bits per heavy atom. The molecule has 2 rings (SSSR count). The molecule has 0 aliphatic heterocycles. The second kappa shape index (κ2) is 5.44. The van der Waals surface area contributed by atoms with Gasteiger partial charge < -0.3 is 4.74 Å². The van der Waals surface area contributed by atoms with Crippen molar-refractivity contribution in [2.24, 2.45) is 5.84 Å². The molecular weight excluding hydrogens is 202 g/mol. The van der Waals surface area contributed by atoms with Crippen LogP contribution in [0.25, 0.3) is 10.8 Å². The van der Waals surface area contributed by atoms with Crippen molar-refractivity contribution in [1.29, 1.82) is 0 Å². The summed E-state index contributed by atoms with van der Waals surface area (Å²) in [4.78, 5) is 4.07. The molecule has 1 heterocycles. The maximum absolute atomic E-state index is 5.60. The summed E-state index contributed by atoms with van der Waals surface area (Å²) < 4.78 is 5.60. The summed E-state index contributed by atoms with van der Waals surface area (Å²) >= 11 is 0. The Balaban J connectivity index is 2.02. The molecular formula is C12H15N3O. The van der Waals surface area contributed by atoms with Gasteiger partial charge in [-0.1, -0.05) is 0 Å². The minimum Gasteiger partial charge on any atom is -0.494 e. The molecule has 0 fully saturated rings. The lowest BCUT2D eigenvalue weighted by Crippen LogP contribution is -2.24. The average molecular weight is 217 g/mol. The van der Waals surface area contributed by atoms with Crippen LogP contribution in [0.1, 0.15) is 6.42 Å². The van der Waals surface area contributed by atoms with Crippen molar-refractivity contribution in [2.75, 3.05) is 13.2 Å². The van der Waals surface area contributed by atoms with Crippen LogP contribution in [0, 0.1) is 0 Å². The van der Waals surface area contributed by atoms with Crippen LogP contribution in [0.3, 0.4) is 0 Å². The number of benzene rings is 1. The number of rotatable bonds is 5. The number of nitrogens with zero attached hydrogens (tertiary/aromatic N) is 1. The largest absolute Gasteiger partial charge is 0.494 e. The molecule has 4 heteroatoms. The molecule has 0 bridgehead atoms. The van der Waals surface area contributed by atoms with Crippen molar-refractivity contribution in [3.8, 4) is 5.75 Å².